The van der Waals surface area contributed by atoms with Gasteiger partial charge in [-0.05, 0) is 31.8 Å². The molecule has 1 fully saturated rings. The normalized spacial score (nSPS) is 22.0. The molecule has 0 aromatic heterocycles. The van der Waals surface area contributed by atoms with Crippen molar-refractivity contribution >= 4 is 5.97 Å². The molecule has 1 rings (SSSR count). The molecule has 0 aromatic rings. The van der Waals surface area contributed by atoms with Gasteiger partial charge in [0.25, 0.3) is 0 Å². The first-order chi connectivity index (χ1) is 10.7. The molecule has 0 aliphatic carbocycles. The number of hydrogen-bond acceptors (Lipinski definition) is 3. The summed E-state index contributed by atoms with van der Waals surface area (Å²) in [4.78, 5) is 10.4. The highest BCUT2D eigenvalue weighted by atomic mass is 16.7. The number of ether oxygens (including phenoxy) is 2. The predicted octanol–water partition coefficient (Wildman–Crippen LogP) is 4.46. The molecule has 4 nitrogen and oxygen atoms in total. The van der Waals surface area contributed by atoms with Gasteiger partial charge in [0.05, 0.1) is 12.7 Å². The molecule has 126 valence electrons. The van der Waals surface area contributed by atoms with E-state index in [9.17, 15) is 4.79 Å². The minimum absolute atomic E-state index is 0.0246. The first kappa shape index (κ1) is 18.9. The smallest absolute Gasteiger partial charge is 0.303 e. The van der Waals surface area contributed by atoms with Crippen LogP contribution in [0.15, 0.2) is 24.3 Å². The number of carboxylic acids is 1. The number of carboxylic acid groups (broad SMARTS) is 1. The summed E-state index contributed by atoms with van der Waals surface area (Å²) in [6.07, 6.45) is 17.1. The summed E-state index contributed by atoms with van der Waals surface area (Å²) >= 11 is 0. The Bertz CT molecular complexity index is 349. The molecule has 1 saturated heterocycles. The highest BCUT2D eigenvalue weighted by Crippen LogP contribution is 2.17. The second kappa shape index (κ2) is 12.4. The van der Waals surface area contributed by atoms with Crippen molar-refractivity contribution in [3.8, 4) is 0 Å². The zero-order valence-corrected chi connectivity index (χ0v) is 13.7. The van der Waals surface area contributed by atoms with Crippen molar-refractivity contribution in [2.24, 2.45) is 0 Å². The van der Waals surface area contributed by atoms with E-state index in [-0.39, 0.29) is 18.8 Å². The van der Waals surface area contributed by atoms with Crippen molar-refractivity contribution in [3.05, 3.63) is 24.3 Å². The monoisotopic (exact) mass is 310 g/mol. The lowest BCUT2D eigenvalue weighted by Crippen LogP contribution is -2.11. The summed E-state index contributed by atoms with van der Waals surface area (Å²) in [6.45, 7) is 2.78. The van der Waals surface area contributed by atoms with Crippen molar-refractivity contribution in [2.75, 3.05) is 6.61 Å². The minimum Gasteiger partial charge on any atom is -0.481 e. The number of unbranched alkanes of at least 4 members (excludes halogenated alkanes) is 5. The molecule has 1 aliphatic heterocycles. The van der Waals surface area contributed by atoms with E-state index in [2.05, 4.69) is 13.0 Å². The highest BCUT2D eigenvalue weighted by Gasteiger charge is 2.23. The maximum Gasteiger partial charge on any atom is 0.303 e. The van der Waals surface area contributed by atoms with E-state index in [0.717, 1.165) is 12.8 Å². The van der Waals surface area contributed by atoms with E-state index in [4.69, 9.17) is 14.6 Å². The molecule has 2 atom stereocenters. The summed E-state index contributed by atoms with van der Waals surface area (Å²) < 4.78 is 11.2. The van der Waals surface area contributed by atoms with Crippen LogP contribution in [0.4, 0.5) is 0 Å². The predicted molar refractivity (Wildman–Crippen MR) is 87.8 cm³/mol. The quantitative estimate of drug-likeness (QED) is 0.427. The Morgan fingerprint density at radius 3 is 2.77 bits per heavy atom. The number of rotatable bonds is 12. The molecule has 0 radical (unpaired) electrons. The number of allylic oxidation sites excluding steroid dienone is 3. The van der Waals surface area contributed by atoms with Gasteiger partial charge in [-0.1, -0.05) is 50.8 Å². The SMILES string of the molecule is CCCCCCC/C=C/C=C/C1OCC(CCCC(=O)O)O1. The average Bonchev–Trinajstić information content (AvgIpc) is 2.93. The van der Waals surface area contributed by atoms with Crippen molar-refractivity contribution in [1.29, 1.82) is 0 Å². The molecule has 0 amide bonds. The molecule has 1 N–H and O–H groups in total. The van der Waals surface area contributed by atoms with Gasteiger partial charge in [-0.15, -0.1) is 0 Å². The van der Waals surface area contributed by atoms with E-state index in [1.807, 2.05) is 18.2 Å². The van der Waals surface area contributed by atoms with Crippen LogP contribution in [0.25, 0.3) is 0 Å². The van der Waals surface area contributed by atoms with Gasteiger partial charge >= 0.3 is 5.97 Å². The second-order valence-electron chi connectivity index (χ2n) is 5.76. The van der Waals surface area contributed by atoms with Crippen LogP contribution in [0.3, 0.4) is 0 Å². The molecule has 2 unspecified atom stereocenters. The molecule has 22 heavy (non-hydrogen) atoms. The lowest BCUT2D eigenvalue weighted by Gasteiger charge is -2.07. The van der Waals surface area contributed by atoms with Crippen LogP contribution in [0.2, 0.25) is 0 Å². The third-order valence-electron chi connectivity index (χ3n) is 3.68. The molecule has 1 aliphatic rings. The van der Waals surface area contributed by atoms with Gasteiger partial charge in [0.2, 0.25) is 0 Å². The van der Waals surface area contributed by atoms with Crippen LogP contribution in [0, 0.1) is 0 Å². The Morgan fingerprint density at radius 1 is 1.18 bits per heavy atom. The average molecular weight is 310 g/mol. The van der Waals surface area contributed by atoms with Crippen molar-refractivity contribution < 1.29 is 19.4 Å². The maximum absolute atomic E-state index is 10.4. The summed E-state index contributed by atoms with van der Waals surface area (Å²) in [5.41, 5.74) is 0. The van der Waals surface area contributed by atoms with Crippen LogP contribution < -0.4 is 0 Å². The van der Waals surface area contributed by atoms with Crippen molar-refractivity contribution in [2.45, 2.75) is 77.1 Å². The second-order valence-corrected chi connectivity index (χ2v) is 5.76. The minimum atomic E-state index is -0.754. The lowest BCUT2D eigenvalue weighted by atomic mass is 10.1. The van der Waals surface area contributed by atoms with E-state index in [1.54, 1.807) is 0 Å². The van der Waals surface area contributed by atoms with Crippen LogP contribution in [0.1, 0.15) is 64.7 Å². The van der Waals surface area contributed by atoms with E-state index in [0.29, 0.717) is 13.0 Å². The number of carbonyl (C=O) groups is 1. The maximum atomic E-state index is 10.4. The largest absolute Gasteiger partial charge is 0.481 e. The van der Waals surface area contributed by atoms with Gasteiger partial charge in [-0.25, -0.2) is 0 Å². The molecule has 0 aromatic carbocycles. The first-order valence-corrected chi connectivity index (χ1v) is 8.54. The highest BCUT2D eigenvalue weighted by molar-refractivity contribution is 5.66. The van der Waals surface area contributed by atoms with Crippen LogP contribution in [0.5, 0.6) is 0 Å². The summed E-state index contributed by atoms with van der Waals surface area (Å²) in [7, 11) is 0. The van der Waals surface area contributed by atoms with Gasteiger partial charge in [0.1, 0.15) is 0 Å². The van der Waals surface area contributed by atoms with Crippen molar-refractivity contribution in [3.63, 3.8) is 0 Å². The fourth-order valence-electron chi connectivity index (χ4n) is 2.40. The lowest BCUT2D eigenvalue weighted by molar-refractivity contribution is -0.137. The van der Waals surface area contributed by atoms with Gasteiger partial charge in [-0.3, -0.25) is 4.79 Å². The Morgan fingerprint density at radius 2 is 2.00 bits per heavy atom. The molecule has 0 spiro atoms. The Hall–Kier alpha value is -1.13. The van der Waals surface area contributed by atoms with Gasteiger partial charge in [0.15, 0.2) is 6.29 Å². The van der Waals surface area contributed by atoms with Crippen LogP contribution in [-0.2, 0) is 14.3 Å². The van der Waals surface area contributed by atoms with Crippen molar-refractivity contribution in [1.82, 2.24) is 0 Å². The van der Waals surface area contributed by atoms with Crippen LogP contribution in [-0.4, -0.2) is 30.1 Å². The third-order valence-corrected chi connectivity index (χ3v) is 3.68. The van der Waals surface area contributed by atoms with Crippen LogP contribution >= 0.6 is 0 Å². The molecular formula is C18H30O4. The fraction of sp³-hybridized carbons (Fsp3) is 0.722. The molecule has 0 bridgehead atoms. The van der Waals surface area contributed by atoms with Gasteiger partial charge in [0, 0.05) is 6.42 Å². The molecule has 1 heterocycles. The zero-order valence-electron chi connectivity index (χ0n) is 13.7. The third kappa shape index (κ3) is 9.74. The Kier molecular flexibility index (Phi) is 10.7. The molecular weight excluding hydrogens is 280 g/mol. The topological polar surface area (TPSA) is 55.8 Å². The zero-order chi connectivity index (χ0) is 16.0. The number of hydrogen-bond donors (Lipinski definition) is 1. The molecule has 4 heteroatoms. The van der Waals surface area contributed by atoms with E-state index < -0.39 is 5.97 Å². The summed E-state index contributed by atoms with van der Waals surface area (Å²) in [6, 6.07) is 0. The summed E-state index contributed by atoms with van der Waals surface area (Å²) in [5.74, 6) is -0.754. The Balaban J connectivity index is 2.03. The molecule has 0 saturated carbocycles. The van der Waals surface area contributed by atoms with E-state index >= 15 is 0 Å². The fourth-order valence-corrected chi connectivity index (χ4v) is 2.40. The Labute approximate surface area is 134 Å². The number of aliphatic carboxylic acids is 1. The first-order valence-electron chi connectivity index (χ1n) is 8.54. The summed E-state index contributed by atoms with van der Waals surface area (Å²) in [5, 5.41) is 8.60. The standard InChI is InChI=1S/C18H30O4/c1-2-3-4-5-6-7-8-9-10-14-18-21-15-16(22-18)12-11-13-17(19)20/h8-10,14,16,18H,2-7,11-13,15H2,1H3,(H,19,20)/b9-8+,14-10+. The van der Waals surface area contributed by atoms with Gasteiger partial charge < -0.3 is 14.6 Å². The van der Waals surface area contributed by atoms with Gasteiger partial charge in [-0.2, -0.15) is 0 Å². The van der Waals surface area contributed by atoms with E-state index in [1.165, 1.54) is 32.1 Å².